The van der Waals surface area contributed by atoms with Gasteiger partial charge in [-0.3, -0.25) is 0 Å². The fourth-order valence-corrected chi connectivity index (χ4v) is 2.52. The minimum absolute atomic E-state index is 0.418. The van der Waals surface area contributed by atoms with E-state index < -0.39 is 0 Å². The van der Waals surface area contributed by atoms with Crippen molar-refractivity contribution in [1.82, 2.24) is 10.2 Å². The predicted molar refractivity (Wildman–Crippen MR) is 80.9 cm³/mol. The van der Waals surface area contributed by atoms with E-state index in [1.54, 1.807) is 0 Å². The van der Waals surface area contributed by atoms with Crippen LogP contribution in [0.25, 0.3) is 0 Å². The maximum absolute atomic E-state index is 3.46. The van der Waals surface area contributed by atoms with Gasteiger partial charge in [0.1, 0.15) is 0 Å². The summed E-state index contributed by atoms with van der Waals surface area (Å²) in [7, 11) is 0. The molecule has 0 aromatic heterocycles. The van der Waals surface area contributed by atoms with Crippen LogP contribution in [-0.2, 0) is 0 Å². The molecule has 1 atom stereocenters. The van der Waals surface area contributed by atoms with Gasteiger partial charge < -0.3 is 10.2 Å². The van der Waals surface area contributed by atoms with Crippen LogP contribution in [0.2, 0.25) is 0 Å². The molecule has 0 radical (unpaired) electrons. The summed E-state index contributed by atoms with van der Waals surface area (Å²) in [5.74, 6) is 1.66. The third-order valence-corrected chi connectivity index (χ3v) is 4.67. The van der Waals surface area contributed by atoms with Gasteiger partial charge in [-0.25, -0.2) is 0 Å². The van der Waals surface area contributed by atoms with Crippen molar-refractivity contribution >= 4 is 0 Å². The molecule has 2 heteroatoms. The first kappa shape index (κ1) is 16.0. The van der Waals surface area contributed by atoms with Crippen LogP contribution in [0, 0.1) is 17.3 Å². The molecular weight excluding hydrogens is 220 g/mol. The van der Waals surface area contributed by atoms with Gasteiger partial charge in [0.25, 0.3) is 0 Å². The van der Waals surface area contributed by atoms with Gasteiger partial charge in [0.2, 0.25) is 0 Å². The van der Waals surface area contributed by atoms with Crippen LogP contribution in [0.15, 0.2) is 0 Å². The molecule has 1 rings (SSSR count). The smallest absolute Gasteiger partial charge is 0.00388 e. The highest BCUT2D eigenvalue weighted by molar-refractivity contribution is 4.79. The van der Waals surface area contributed by atoms with Crippen LogP contribution in [0.5, 0.6) is 0 Å². The Balaban J connectivity index is 2.49. The third-order valence-electron chi connectivity index (χ3n) is 4.67. The number of nitrogens with one attached hydrogen (secondary N) is 1. The van der Waals surface area contributed by atoms with E-state index in [9.17, 15) is 0 Å². The second kappa shape index (κ2) is 6.91. The van der Waals surface area contributed by atoms with E-state index in [0.29, 0.717) is 11.5 Å². The highest BCUT2D eigenvalue weighted by Crippen LogP contribution is 2.27. The number of hydrogen-bond donors (Lipinski definition) is 1. The van der Waals surface area contributed by atoms with E-state index in [2.05, 4.69) is 51.8 Å². The number of hydrogen-bond acceptors (Lipinski definition) is 2. The van der Waals surface area contributed by atoms with E-state index in [-0.39, 0.29) is 0 Å². The van der Waals surface area contributed by atoms with Crippen LogP contribution in [0.1, 0.15) is 54.4 Å². The molecule has 1 heterocycles. The van der Waals surface area contributed by atoms with E-state index in [1.165, 1.54) is 39.0 Å². The molecule has 1 unspecified atom stereocenters. The third kappa shape index (κ3) is 5.27. The fourth-order valence-electron chi connectivity index (χ4n) is 2.52. The van der Waals surface area contributed by atoms with Crippen LogP contribution >= 0.6 is 0 Å². The molecule has 1 aliphatic rings. The maximum Gasteiger partial charge on any atom is 0.00388 e. The van der Waals surface area contributed by atoms with Gasteiger partial charge in [-0.1, -0.05) is 27.7 Å². The van der Waals surface area contributed by atoms with Crippen molar-refractivity contribution in [1.29, 1.82) is 0 Å². The van der Waals surface area contributed by atoms with Crippen molar-refractivity contribution in [3.8, 4) is 0 Å². The van der Waals surface area contributed by atoms with Gasteiger partial charge in [-0.15, -0.1) is 0 Å². The van der Waals surface area contributed by atoms with Gasteiger partial charge >= 0.3 is 0 Å². The number of piperidine rings is 1. The molecule has 1 aliphatic heterocycles. The molecule has 0 aromatic carbocycles. The average molecular weight is 254 g/mol. The van der Waals surface area contributed by atoms with Gasteiger partial charge in [-0.05, 0) is 57.0 Å². The Labute approximate surface area is 115 Å². The standard InChI is InChI=1S/C16H34N2/c1-13(2)18(11-14(3)16(4,5)6)12-15-7-9-17-10-8-15/h13-15,17H,7-12H2,1-6H3. The van der Waals surface area contributed by atoms with Gasteiger partial charge in [0.15, 0.2) is 0 Å². The summed E-state index contributed by atoms with van der Waals surface area (Å²) in [5.41, 5.74) is 0.418. The summed E-state index contributed by atoms with van der Waals surface area (Å²) in [6.45, 7) is 19.1. The van der Waals surface area contributed by atoms with Crippen LogP contribution in [0.3, 0.4) is 0 Å². The summed E-state index contributed by atoms with van der Waals surface area (Å²) in [5, 5.41) is 3.46. The molecule has 0 bridgehead atoms. The Kier molecular flexibility index (Phi) is 6.13. The van der Waals surface area contributed by atoms with Gasteiger partial charge in [0, 0.05) is 19.1 Å². The zero-order valence-corrected chi connectivity index (χ0v) is 13.4. The molecule has 2 nitrogen and oxygen atoms in total. The molecule has 0 amide bonds. The molecule has 1 N–H and O–H groups in total. The topological polar surface area (TPSA) is 15.3 Å². The molecule has 108 valence electrons. The fraction of sp³-hybridized carbons (Fsp3) is 1.00. The SMILES string of the molecule is CC(C)N(CC1CCNCC1)CC(C)C(C)(C)C. The Hall–Kier alpha value is -0.0800. The summed E-state index contributed by atoms with van der Waals surface area (Å²) in [6.07, 6.45) is 2.71. The van der Waals surface area contributed by atoms with Gasteiger partial charge in [0.05, 0.1) is 0 Å². The normalized spacial score (nSPS) is 20.7. The number of rotatable bonds is 5. The molecular formula is C16H34N2. The summed E-state index contributed by atoms with van der Waals surface area (Å²) in [6, 6.07) is 0.671. The molecule has 1 fully saturated rings. The first-order valence-corrected chi connectivity index (χ1v) is 7.75. The largest absolute Gasteiger partial charge is 0.317 e. The van der Waals surface area contributed by atoms with E-state index in [0.717, 1.165) is 11.8 Å². The number of nitrogens with zero attached hydrogens (tertiary/aromatic N) is 1. The first-order chi connectivity index (χ1) is 8.30. The van der Waals surface area contributed by atoms with Crippen LogP contribution in [-0.4, -0.2) is 37.1 Å². The second-order valence-corrected chi connectivity index (χ2v) is 7.51. The minimum Gasteiger partial charge on any atom is -0.317 e. The zero-order valence-electron chi connectivity index (χ0n) is 13.4. The molecule has 0 spiro atoms. The first-order valence-electron chi connectivity index (χ1n) is 7.75. The average Bonchev–Trinajstić information content (AvgIpc) is 2.28. The molecule has 0 saturated carbocycles. The van der Waals surface area contributed by atoms with Crippen molar-refractivity contribution in [3.05, 3.63) is 0 Å². The van der Waals surface area contributed by atoms with Crippen molar-refractivity contribution in [2.75, 3.05) is 26.2 Å². The Morgan fingerprint density at radius 1 is 1.11 bits per heavy atom. The van der Waals surface area contributed by atoms with E-state index in [1.807, 2.05) is 0 Å². The lowest BCUT2D eigenvalue weighted by Gasteiger charge is -2.38. The van der Waals surface area contributed by atoms with Crippen LogP contribution < -0.4 is 5.32 Å². The Morgan fingerprint density at radius 2 is 1.67 bits per heavy atom. The lowest BCUT2D eigenvalue weighted by atomic mass is 9.81. The second-order valence-electron chi connectivity index (χ2n) is 7.51. The maximum atomic E-state index is 3.46. The Bertz CT molecular complexity index is 224. The van der Waals surface area contributed by atoms with Crippen molar-refractivity contribution in [3.63, 3.8) is 0 Å². The summed E-state index contributed by atoms with van der Waals surface area (Å²) in [4.78, 5) is 2.70. The van der Waals surface area contributed by atoms with E-state index >= 15 is 0 Å². The highest BCUT2D eigenvalue weighted by atomic mass is 15.2. The van der Waals surface area contributed by atoms with Crippen molar-refractivity contribution < 1.29 is 0 Å². The van der Waals surface area contributed by atoms with Crippen LogP contribution in [0.4, 0.5) is 0 Å². The Morgan fingerprint density at radius 3 is 2.11 bits per heavy atom. The van der Waals surface area contributed by atoms with E-state index in [4.69, 9.17) is 0 Å². The monoisotopic (exact) mass is 254 g/mol. The zero-order chi connectivity index (χ0) is 13.8. The minimum atomic E-state index is 0.418. The highest BCUT2D eigenvalue weighted by Gasteiger charge is 2.25. The molecule has 0 aromatic rings. The lowest BCUT2D eigenvalue weighted by molar-refractivity contribution is 0.111. The predicted octanol–water partition coefficient (Wildman–Crippen LogP) is 3.38. The van der Waals surface area contributed by atoms with Gasteiger partial charge in [-0.2, -0.15) is 0 Å². The summed E-state index contributed by atoms with van der Waals surface area (Å²) < 4.78 is 0. The van der Waals surface area contributed by atoms with Crippen molar-refractivity contribution in [2.24, 2.45) is 17.3 Å². The lowest BCUT2D eigenvalue weighted by Crippen LogP contribution is -2.43. The quantitative estimate of drug-likeness (QED) is 0.809. The molecule has 1 saturated heterocycles. The van der Waals surface area contributed by atoms with Crippen molar-refractivity contribution in [2.45, 2.75) is 60.4 Å². The molecule has 18 heavy (non-hydrogen) atoms. The summed E-state index contributed by atoms with van der Waals surface area (Å²) >= 11 is 0. The molecule has 0 aliphatic carbocycles.